The van der Waals surface area contributed by atoms with Gasteiger partial charge in [0, 0.05) is 25.2 Å². The van der Waals surface area contributed by atoms with E-state index in [0.29, 0.717) is 32.7 Å². The van der Waals surface area contributed by atoms with E-state index < -0.39 is 17.2 Å². The van der Waals surface area contributed by atoms with Gasteiger partial charge in [-0.1, -0.05) is 12.1 Å². The van der Waals surface area contributed by atoms with E-state index in [1.54, 1.807) is 6.92 Å². The van der Waals surface area contributed by atoms with Gasteiger partial charge >= 0.3 is 0 Å². The fraction of sp³-hybridized carbons (Fsp3) is 0.625. The van der Waals surface area contributed by atoms with Gasteiger partial charge in [0.1, 0.15) is 0 Å². The summed E-state index contributed by atoms with van der Waals surface area (Å²) >= 11 is 0. The highest BCUT2D eigenvalue weighted by molar-refractivity contribution is 5.26. The first kappa shape index (κ1) is 14.9. The van der Waals surface area contributed by atoms with Crippen molar-refractivity contribution in [1.82, 2.24) is 0 Å². The zero-order valence-corrected chi connectivity index (χ0v) is 12.1. The summed E-state index contributed by atoms with van der Waals surface area (Å²) in [6.07, 6.45) is 1.99. The van der Waals surface area contributed by atoms with E-state index in [9.17, 15) is 13.9 Å². The van der Waals surface area contributed by atoms with Crippen molar-refractivity contribution in [2.24, 2.45) is 5.92 Å². The Balaban J connectivity index is 1.88. The maximum absolute atomic E-state index is 14.0. The number of hydrogen-bond acceptors (Lipinski definition) is 3. The van der Waals surface area contributed by atoms with Crippen LogP contribution in [0, 0.1) is 17.6 Å². The van der Waals surface area contributed by atoms with E-state index in [4.69, 9.17) is 9.47 Å². The molecule has 3 nitrogen and oxygen atoms in total. The van der Waals surface area contributed by atoms with E-state index in [2.05, 4.69) is 0 Å². The first-order valence-corrected chi connectivity index (χ1v) is 7.33. The molecule has 2 aliphatic heterocycles. The van der Waals surface area contributed by atoms with E-state index in [0.717, 1.165) is 12.5 Å². The third-order valence-electron chi connectivity index (χ3n) is 4.85. The molecule has 21 heavy (non-hydrogen) atoms. The van der Waals surface area contributed by atoms with Crippen LogP contribution in [0.1, 0.15) is 31.7 Å². The molecule has 2 aliphatic rings. The lowest BCUT2D eigenvalue weighted by Crippen LogP contribution is -2.46. The van der Waals surface area contributed by atoms with Crippen molar-refractivity contribution in [3.8, 4) is 0 Å². The average molecular weight is 298 g/mol. The Kier molecular flexibility index (Phi) is 3.76. The Morgan fingerprint density at radius 2 is 2.14 bits per heavy atom. The molecular formula is C16H20F2O3. The van der Waals surface area contributed by atoms with Crippen molar-refractivity contribution in [1.29, 1.82) is 0 Å². The van der Waals surface area contributed by atoms with Crippen molar-refractivity contribution in [3.05, 3.63) is 35.4 Å². The largest absolute Gasteiger partial charge is 0.385 e. The Hall–Kier alpha value is -1.04. The predicted octanol–water partition coefficient (Wildman–Crippen LogP) is 2.76. The highest BCUT2D eigenvalue weighted by atomic mass is 19.2. The first-order valence-electron chi connectivity index (χ1n) is 7.33. The van der Waals surface area contributed by atoms with Crippen LogP contribution in [-0.2, 0) is 15.1 Å². The summed E-state index contributed by atoms with van der Waals surface area (Å²) in [5.41, 5.74) is -1.79. The van der Waals surface area contributed by atoms with Gasteiger partial charge in [-0.15, -0.1) is 0 Å². The molecule has 5 heteroatoms. The van der Waals surface area contributed by atoms with Crippen LogP contribution in [-0.4, -0.2) is 30.5 Å². The fourth-order valence-corrected chi connectivity index (χ4v) is 3.49. The van der Waals surface area contributed by atoms with Crippen molar-refractivity contribution < 1.29 is 23.4 Å². The number of ether oxygens (including phenoxy) is 2. The molecule has 2 heterocycles. The van der Waals surface area contributed by atoms with Crippen molar-refractivity contribution in [2.75, 3.05) is 19.8 Å². The molecule has 1 aromatic rings. The highest BCUT2D eigenvalue weighted by Crippen LogP contribution is 2.44. The van der Waals surface area contributed by atoms with E-state index in [-0.39, 0.29) is 17.1 Å². The first-order chi connectivity index (χ1) is 9.95. The molecule has 0 aromatic heterocycles. The summed E-state index contributed by atoms with van der Waals surface area (Å²) in [7, 11) is 0. The molecule has 0 radical (unpaired) electrons. The van der Waals surface area contributed by atoms with E-state index >= 15 is 0 Å². The second kappa shape index (κ2) is 5.30. The van der Waals surface area contributed by atoms with Crippen molar-refractivity contribution >= 4 is 0 Å². The van der Waals surface area contributed by atoms with Gasteiger partial charge in [-0.2, -0.15) is 0 Å². The second-order valence-electron chi connectivity index (χ2n) is 6.27. The summed E-state index contributed by atoms with van der Waals surface area (Å²) in [5.74, 6) is -2.09. The monoisotopic (exact) mass is 298 g/mol. The summed E-state index contributed by atoms with van der Waals surface area (Å²) in [6, 6.07) is 3.94. The third kappa shape index (κ3) is 2.58. The number of rotatable bonds is 2. The van der Waals surface area contributed by atoms with Crippen LogP contribution in [0.2, 0.25) is 0 Å². The van der Waals surface area contributed by atoms with Crippen LogP contribution in [0.25, 0.3) is 0 Å². The van der Waals surface area contributed by atoms with Gasteiger partial charge in [-0.05, 0) is 31.7 Å². The number of aliphatic hydroxyl groups is 1. The average Bonchev–Trinajstić information content (AvgIpc) is 2.89. The Morgan fingerprint density at radius 1 is 1.33 bits per heavy atom. The maximum atomic E-state index is 14.0. The van der Waals surface area contributed by atoms with Crippen LogP contribution in [0.5, 0.6) is 0 Å². The molecule has 0 saturated carbocycles. The molecule has 1 spiro atoms. The molecule has 2 fully saturated rings. The van der Waals surface area contributed by atoms with Crippen LogP contribution in [0.3, 0.4) is 0 Å². The number of halogens is 2. The molecule has 0 bridgehead atoms. The molecule has 0 aliphatic carbocycles. The fourth-order valence-electron chi connectivity index (χ4n) is 3.49. The summed E-state index contributed by atoms with van der Waals surface area (Å²) in [5, 5.41) is 10.9. The molecule has 1 aromatic carbocycles. The number of hydrogen-bond donors (Lipinski definition) is 1. The minimum atomic E-state index is -1.43. The molecule has 3 unspecified atom stereocenters. The van der Waals surface area contributed by atoms with Gasteiger partial charge in [0.05, 0.1) is 17.8 Å². The molecule has 0 amide bonds. The van der Waals surface area contributed by atoms with E-state index in [1.165, 1.54) is 12.1 Å². The van der Waals surface area contributed by atoms with Gasteiger partial charge < -0.3 is 14.6 Å². The lowest BCUT2D eigenvalue weighted by Gasteiger charge is -2.43. The standard InChI is InChI=1S/C16H20F2O3/c1-15(19,12-3-2-4-13(17)14(12)18)11-5-7-21-16(9-11)6-8-20-10-16/h2-4,11,19H,5-10H2,1H3. The van der Waals surface area contributed by atoms with Crippen LogP contribution in [0.4, 0.5) is 8.78 Å². The topological polar surface area (TPSA) is 38.7 Å². The zero-order chi connectivity index (χ0) is 15.1. The molecular weight excluding hydrogens is 278 g/mol. The summed E-state index contributed by atoms with van der Waals surface area (Å²) < 4.78 is 38.7. The Labute approximate surface area is 122 Å². The second-order valence-corrected chi connectivity index (χ2v) is 6.27. The smallest absolute Gasteiger partial charge is 0.164 e. The SMILES string of the molecule is CC(O)(c1cccc(F)c1F)C1CCOC2(CCOC2)C1. The molecule has 2 saturated heterocycles. The quantitative estimate of drug-likeness (QED) is 0.912. The maximum Gasteiger partial charge on any atom is 0.164 e. The molecule has 3 atom stereocenters. The Morgan fingerprint density at radius 3 is 2.86 bits per heavy atom. The van der Waals surface area contributed by atoms with E-state index in [1.807, 2.05) is 0 Å². The van der Waals surface area contributed by atoms with Crippen molar-refractivity contribution in [3.63, 3.8) is 0 Å². The molecule has 1 N–H and O–H groups in total. The predicted molar refractivity (Wildman–Crippen MR) is 72.8 cm³/mol. The van der Waals surface area contributed by atoms with Crippen LogP contribution in [0.15, 0.2) is 18.2 Å². The van der Waals surface area contributed by atoms with Crippen LogP contribution < -0.4 is 0 Å². The van der Waals surface area contributed by atoms with Gasteiger partial charge in [0.15, 0.2) is 11.6 Å². The molecule has 3 rings (SSSR count). The third-order valence-corrected chi connectivity index (χ3v) is 4.85. The minimum Gasteiger partial charge on any atom is -0.385 e. The molecule has 116 valence electrons. The Bertz CT molecular complexity index is 524. The zero-order valence-electron chi connectivity index (χ0n) is 12.1. The summed E-state index contributed by atoms with van der Waals surface area (Å²) in [4.78, 5) is 0. The van der Waals surface area contributed by atoms with Gasteiger partial charge in [0.25, 0.3) is 0 Å². The van der Waals surface area contributed by atoms with Gasteiger partial charge in [-0.3, -0.25) is 0 Å². The lowest BCUT2D eigenvalue weighted by molar-refractivity contribution is -0.141. The lowest BCUT2D eigenvalue weighted by atomic mass is 9.73. The minimum absolute atomic E-state index is 0.0171. The van der Waals surface area contributed by atoms with Gasteiger partial charge in [-0.25, -0.2) is 8.78 Å². The normalized spacial score (nSPS) is 32.3. The highest BCUT2D eigenvalue weighted by Gasteiger charge is 2.47. The van der Waals surface area contributed by atoms with Crippen LogP contribution >= 0.6 is 0 Å². The van der Waals surface area contributed by atoms with Gasteiger partial charge in [0.2, 0.25) is 0 Å². The van der Waals surface area contributed by atoms with Crippen molar-refractivity contribution in [2.45, 2.75) is 37.4 Å². The number of benzene rings is 1. The summed E-state index contributed by atoms with van der Waals surface area (Å²) in [6.45, 7) is 3.21.